The molecular formula is C10H19NO. The van der Waals surface area contributed by atoms with Crippen molar-refractivity contribution in [2.24, 2.45) is 0 Å². The minimum atomic E-state index is 0.112. The first-order valence-electron chi connectivity index (χ1n) is 5.06. The Morgan fingerprint density at radius 3 is 2.25 bits per heavy atom. The third-order valence-corrected chi connectivity index (χ3v) is 3.78. The molecule has 12 heavy (non-hydrogen) atoms. The normalized spacial score (nSPS) is 43.0. The molecule has 0 aromatic heterocycles. The molecule has 2 heteroatoms. The molecule has 0 atom stereocenters. The van der Waals surface area contributed by atoms with Crippen LogP contribution in [0.5, 0.6) is 0 Å². The Bertz CT molecular complexity index is 159. The van der Waals surface area contributed by atoms with E-state index in [-0.39, 0.29) is 5.72 Å². The summed E-state index contributed by atoms with van der Waals surface area (Å²) >= 11 is 0. The van der Waals surface area contributed by atoms with Crippen LogP contribution in [0, 0.1) is 0 Å². The number of rotatable bonds is 1. The molecule has 0 unspecified atom stereocenters. The lowest BCUT2D eigenvalue weighted by Gasteiger charge is -2.52. The van der Waals surface area contributed by atoms with Gasteiger partial charge in [-0.05, 0) is 45.6 Å². The highest BCUT2D eigenvalue weighted by atomic mass is 16.5. The zero-order valence-corrected chi connectivity index (χ0v) is 8.18. The number of hydrogen-bond donors (Lipinski definition) is 0. The van der Waals surface area contributed by atoms with E-state index in [0.717, 1.165) is 6.04 Å². The Balaban J connectivity index is 2.18. The van der Waals surface area contributed by atoms with Gasteiger partial charge in [0.15, 0.2) is 0 Å². The molecule has 0 aliphatic carbocycles. The highest BCUT2D eigenvalue weighted by Crippen LogP contribution is 2.40. The second kappa shape index (κ2) is 3.00. The van der Waals surface area contributed by atoms with Crippen LogP contribution in [-0.4, -0.2) is 30.8 Å². The van der Waals surface area contributed by atoms with Gasteiger partial charge in [0, 0.05) is 13.2 Å². The molecule has 0 N–H and O–H groups in total. The minimum Gasteiger partial charge on any atom is -0.364 e. The fraction of sp³-hybridized carbons (Fsp3) is 1.00. The molecule has 0 saturated carbocycles. The van der Waals surface area contributed by atoms with Gasteiger partial charge in [-0.3, -0.25) is 4.90 Å². The average molecular weight is 169 g/mol. The predicted octanol–water partition coefficient (Wildman–Crippen LogP) is 2.00. The van der Waals surface area contributed by atoms with Crippen molar-refractivity contribution in [3.8, 4) is 0 Å². The molecule has 2 nitrogen and oxygen atoms in total. The molecule has 70 valence electrons. The highest BCUT2D eigenvalue weighted by Gasteiger charge is 2.43. The van der Waals surface area contributed by atoms with Crippen LogP contribution >= 0.6 is 0 Å². The minimum absolute atomic E-state index is 0.112. The molecule has 0 amide bonds. The Morgan fingerprint density at radius 1 is 1.25 bits per heavy atom. The van der Waals surface area contributed by atoms with Crippen molar-refractivity contribution < 1.29 is 4.74 Å². The van der Waals surface area contributed by atoms with Gasteiger partial charge in [-0.1, -0.05) is 0 Å². The molecule has 2 fully saturated rings. The second-order valence-electron chi connectivity index (χ2n) is 4.20. The topological polar surface area (TPSA) is 12.5 Å². The summed E-state index contributed by atoms with van der Waals surface area (Å²) in [6.45, 7) is 0. The van der Waals surface area contributed by atoms with Gasteiger partial charge >= 0.3 is 0 Å². The van der Waals surface area contributed by atoms with E-state index in [4.69, 9.17) is 4.74 Å². The van der Waals surface area contributed by atoms with Crippen LogP contribution in [0.2, 0.25) is 0 Å². The molecule has 0 spiro atoms. The van der Waals surface area contributed by atoms with Crippen LogP contribution in [0.15, 0.2) is 0 Å². The lowest BCUT2D eigenvalue weighted by molar-refractivity contribution is -0.188. The Kier molecular flexibility index (Phi) is 2.13. The first-order valence-corrected chi connectivity index (χ1v) is 5.06. The molecule has 2 bridgehead atoms. The summed E-state index contributed by atoms with van der Waals surface area (Å²) in [6, 6.07) is 0.799. The van der Waals surface area contributed by atoms with Gasteiger partial charge in [0.25, 0.3) is 0 Å². The SMILES string of the molecule is COC12CCCC(CCC1)N2C. The number of nitrogens with zero attached hydrogens (tertiary/aromatic N) is 1. The maximum absolute atomic E-state index is 5.69. The second-order valence-corrected chi connectivity index (χ2v) is 4.20. The van der Waals surface area contributed by atoms with Gasteiger partial charge in [0.1, 0.15) is 5.72 Å². The Morgan fingerprint density at radius 2 is 1.83 bits per heavy atom. The molecule has 2 saturated heterocycles. The maximum Gasteiger partial charge on any atom is 0.121 e. The number of fused-ring (bicyclic) bond motifs is 2. The molecular weight excluding hydrogens is 150 g/mol. The molecule has 0 aromatic carbocycles. The third-order valence-electron chi connectivity index (χ3n) is 3.78. The largest absolute Gasteiger partial charge is 0.364 e. The van der Waals surface area contributed by atoms with E-state index >= 15 is 0 Å². The standard InChI is InChI=1S/C10H19NO/c1-11-9-5-3-7-10(11,12-2)8-4-6-9/h9H,3-8H2,1-2H3. The monoisotopic (exact) mass is 169 g/mol. The summed E-state index contributed by atoms with van der Waals surface area (Å²) in [7, 11) is 4.09. The van der Waals surface area contributed by atoms with E-state index in [1.165, 1.54) is 38.5 Å². The van der Waals surface area contributed by atoms with E-state index < -0.39 is 0 Å². The van der Waals surface area contributed by atoms with Crippen molar-refractivity contribution >= 4 is 0 Å². The van der Waals surface area contributed by atoms with E-state index in [9.17, 15) is 0 Å². The van der Waals surface area contributed by atoms with Crippen LogP contribution in [0.1, 0.15) is 38.5 Å². The highest BCUT2D eigenvalue weighted by molar-refractivity contribution is 4.93. The van der Waals surface area contributed by atoms with Gasteiger partial charge in [-0.25, -0.2) is 0 Å². The van der Waals surface area contributed by atoms with Crippen LogP contribution in [0.4, 0.5) is 0 Å². The van der Waals surface area contributed by atoms with Crippen molar-refractivity contribution in [3.05, 3.63) is 0 Å². The molecule has 2 aliphatic heterocycles. The van der Waals surface area contributed by atoms with Crippen LogP contribution in [0.25, 0.3) is 0 Å². The van der Waals surface area contributed by atoms with Gasteiger partial charge in [0.2, 0.25) is 0 Å². The summed E-state index contributed by atoms with van der Waals surface area (Å²) in [5.41, 5.74) is 0.112. The predicted molar refractivity (Wildman–Crippen MR) is 49.0 cm³/mol. The zero-order chi connectivity index (χ0) is 8.60. The first kappa shape index (κ1) is 8.52. The third kappa shape index (κ3) is 1.09. The van der Waals surface area contributed by atoms with E-state index in [1.54, 1.807) is 0 Å². The fourth-order valence-corrected chi connectivity index (χ4v) is 2.92. The average Bonchev–Trinajstić information content (AvgIpc) is 2.05. The molecule has 0 aromatic rings. The number of piperidine rings is 2. The smallest absolute Gasteiger partial charge is 0.121 e. The number of ether oxygens (including phenoxy) is 1. The van der Waals surface area contributed by atoms with E-state index in [0.29, 0.717) is 0 Å². The van der Waals surface area contributed by atoms with Gasteiger partial charge in [-0.2, -0.15) is 0 Å². The quantitative estimate of drug-likeness (QED) is 0.595. The summed E-state index contributed by atoms with van der Waals surface area (Å²) in [4.78, 5) is 2.47. The summed E-state index contributed by atoms with van der Waals surface area (Å²) in [5, 5.41) is 0. The van der Waals surface area contributed by atoms with Crippen molar-refractivity contribution in [2.75, 3.05) is 14.2 Å². The van der Waals surface area contributed by atoms with Crippen LogP contribution < -0.4 is 0 Å². The Labute approximate surface area is 74.9 Å². The van der Waals surface area contributed by atoms with Crippen molar-refractivity contribution in [1.82, 2.24) is 4.90 Å². The van der Waals surface area contributed by atoms with Crippen molar-refractivity contribution in [3.63, 3.8) is 0 Å². The maximum atomic E-state index is 5.69. The lowest BCUT2D eigenvalue weighted by atomic mass is 9.82. The number of hydrogen-bond acceptors (Lipinski definition) is 2. The summed E-state index contributed by atoms with van der Waals surface area (Å²) < 4.78 is 5.69. The molecule has 0 radical (unpaired) electrons. The summed E-state index contributed by atoms with van der Waals surface area (Å²) in [5.74, 6) is 0. The van der Waals surface area contributed by atoms with E-state index in [2.05, 4.69) is 11.9 Å². The fourth-order valence-electron chi connectivity index (χ4n) is 2.92. The van der Waals surface area contributed by atoms with Crippen molar-refractivity contribution in [2.45, 2.75) is 50.3 Å². The van der Waals surface area contributed by atoms with Gasteiger partial charge in [-0.15, -0.1) is 0 Å². The van der Waals surface area contributed by atoms with E-state index in [1.807, 2.05) is 7.11 Å². The van der Waals surface area contributed by atoms with Crippen LogP contribution in [-0.2, 0) is 4.74 Å². The van der Waals surface area contributed by atoms with Crippen molar-refractivity contribution in [1.29, 1.82) is 0 Å². The van der Waals surface area contributed by atoms with Crippen LogP contribution in [0.3, 0.4) is 0 Å². The van der Waals surface area contributed by atoms with Gasteiger partial charge < -0.3 is 4.74 Å². The molecule has 2 rings (SSSR count). The first-order chi connectivity index (χ1) is 5.78. The Hall–Kier alpha value is -0.0800. The zero-order valence-electron chi connectivity index (χ0n) is 8.18. The molecule has 2 aliphatic rings. The number of methoxy groups -OCH3 is 1. The summed E-state index contributed by atoms with van der Waals surface area (Å²) in [6.07, 6.45) is 7.92. The lowest BCUT2D eigenvalue weighted by Crippen LogP contribution is -2.58. The molecule has 2 heterocycles. The van der Waals surface area contributed by atoms with Gasteiger partial charge in [0.05, 0.1) is 0 Å².